The Bertz CT molecular complexity index is 118. The minimum atomic E-state index is 0.260. The smallest absolute Gasteiger partial charge is 0.120 e. The van der Waals surface area contributed by atoms with Crippen LogP contribution in [0.4, 0.5) is 4.48 Å². The molecule has 0 aromatic heterocycles. The molecular formula is C7H12FNO. The molecule has 0 N–H and O–H groups in total. The van der Waals surface area contributed by atoms with E-state index in [0.29, 0.717) is 19.5 Å². The minimum Gasteiger partial charge on any atom is -0.303 e. The van der Waals surface area contributed by atoms with Crippen molar-refractivity contribution >= 4 is 6.29 Å². The van der Waals surface area contributed by atoms with Crippen LogP contribution in [0.2, 0.25) is 0 Å². The maximum absolute atomic E-state index is 12.5. The Balaban J connectivity index is 2.24. The fourth-order valence-corrected chi connectivity index (χ4v) is 1.34. The molecule has 0 bridgehead atoms. The largest absolute Gasteiger partial charge is 0.303 e. The lowest BCUT2D eigenvalue weighted by molar-refractivity contribution is -0.109. The first kappa shape index (κ1) is 7.66. The van der Waals surface area contributed by atoms with Gasteiger partial charge in [-0.2, -0.15) is 0 Å². The fourth-order valence-electron chi connectivity index (χ4n) is 1.34. The third kappa shape index (κ3) is 2.06. The van der Waals surface area contributed by atoms with Crippen molar-refractivity contribution in [2.75, 3.05) is 13.1 Å². The molecule has 0 saturated carbocycles. The maximum Gasteiger partial charge on any atom is 0.120 e. The number of rotatable bonds is 2. The van der Waals surface area contributed by atoms with Crippen LogP contribution in [-0.2, 0) is 4.79 Å². The average molecular weight is 145 g/mol. The topological polar surface area (TPSA) is 20.3 Å². The number of aldehydes is 1. The van der Waals surface area contributed by atoms with Gasteiger partial charge in [0.2, 0.25) is 0 Å². The standard InChI is InChI=1S/C7H12FNO/c8-9-4-1-2-7(6-9)3-5-10/h5,7H,1-4,6H2. The zero-order valence-electron chi connectivity index (χ0n) is 5.92. The van der Waals surface area contributed by atoms with Gasteiger partial charge in [0.1, 0.15) is 6.29 Å². The summed E-state index contributed by atoms with van der Waals surface area (Å²) in [5, 5.41) is 0.803. The van der Waals surface area contributed by atoms with E-state index in [2.05, 4.69) is 0 Å². The first-order valence-electron chi connectivity index (χ1n) is 3.67. The molecule has 0 aromatic carbocycles. The lowest BCUT2D eigenvalue weighted by Gasteiger charge is -2.24. The van der Waals surface area contributed by atoms with Crippen molar-refractivity contribution in [1.29, 1.82) is 0 Å². The highest BCUT2D eigenvalue weighted by atomic mass is 19.2. The van der Waals surface area contributed by atoms with Gasteiger partial charge >= 0.3 is 0 Å². The van der Waals surface area contributed by atoms with Crippen molar-refractivity contribution in [2.45, 2.75) is 19.3 Å². The van der Waals surface area contributed by atoms with E-state index in [1.165, 1.54) is 0 Å². The SMILES string of the molecule is O=CCC1CCCN(F)C1. The summed E-state index contributed by atoms with van der Waals surface area (Å²) in [5.41, 5.74) is 0. The Morgan fingerprint density at radius 1 is 1.70 bits per heavy atom. The molecule has 1 saturated heterocycles. The predicted octanol–water partition coefficient (Wildman–Crippen LogP) is 1.17. The second-order valence-electron chi connectivity index (χ2n) is 2.78. The van der Waals surface area contributed by atoms with Crippen molar-refractivity contribution in [2.24, 2.45) is 5.92 Å². The maximum atomic E-state index is 12.5. The molecule has 10 heavy (non-hydrogen) atoms. The van der Waals surface area contributed by atoms with Crippen molar-refractivity contribution in [1.82, 2.24) is 5.12 Å². The van der Waals surface area contributed by atoms with E-state index >= 15 is 0 Å². The molecule has 1 heterocycles. The third-order valence-electron chi connectivity index (χ3n) is 1.90. The summed E-state index contributed by atoms with van der Waals surface area (Å²) < 4.78 is 12.5. The van der Waals surface area contributed by atoms with Crippen molar-refractivity contribution < 1.29 is 9.28 Å². The van der Waals surface area contributed by atoms with Gasteiger partial charge in [-0.05, 0) is 18.8 Å². The van der Waals surface area contributed by atoms with Gasteiger partial charge in [-0.1, -0.05) is 0 Å². The van der Waals surface area contributed by atoms with E-state index in [-0.39, 0.29) is 5.92 Å². The predicted molar refractivity (Wildman–Crippen MR) is 36.1 cm³/mol. The molecule has 0 radical (unpaired) electrons. The van der Waals surface area contributed by atoms with Gasteiger partial charge in [-0.25, -0.2) is 0 Å². The van der Waals surface area contributed by atoms with E-state index < -0.39 is 0 Å². The van der Waals surface area contributed by atoms with Crippen LogP contribution >= 0.6 is 0 Å². The van der Waals surface area contributed by atoms with E-state index in [0.717, 1.165) is 24.2 Å². The quantitative estimate of drug-likeness (QED) is 0.429. The molecule has 0 amide bonds. The summed E-state index contributed by atoms with van der Waals surface area (Å²) in [5.74, 6) is 0.260. The van der Waals surface area contributed by atoms with Crippen LogP contribution in [0, 0.1) is 5.92 Å². The van der Waals surface area contributed by atoms with E-state index in [1.54, 1.807) is 0 Å². The zero-order valence-corrected chi connectivity index (χ0v) is 5.92. The Morgan fingerprint density at radius 3 is 3.10 bits per heavy atom. The van der Waals surface area contributed by atoms with Crippen LogP contribution < -0.4 is 0 Å². The Kier molecular flexibility index (Phi) is 2.81. The highest BCUT2D eigenvalue weighted by Gasteiger charge is 2.18. The molecular weight excluding hydrogens is 133 g/mol. The molecule has 2 nitrogen and oxygen atoms in total. The van der Waals surface area contributed by atoms with Crippen LogP contribution in [0.15, 0.2) is 0 Å². The molecule has 58 valence electrons. The third-order valence-corrected chi connectivity index (χ3v) is 1.90. The summed E-state index contributed by atoms with van der Waals surface area (Å²) in [4.78, 5) is 10.0. The van der Waals surface area contributed by atoms with Crippen molar-refractivity contribution in [3.05, 3.63) is 0 Å². The Labute approximate surface area is 59.9 Å². The first-order valence-corrected chi connectivity index (χ1v) is 3.67. The normalized spacial score (nSPS) is 28.3. The molecule has 1 atom stereocenters. The minimum absolute atomic E-state index is 0.260. The second kappa shape index (κ2) is 3.66. The van der Waals surface area contributed by atoms with Crippen LogP contribution in [0.3, 0.4) is 0 Å². The molecule has 1 rings (SSSR count). The number of carbonyl (C=O) groups is 1. The summed E-state index contributed by atoms with van der Waals surface area (Å²) in [6.07, 6.45) is 3.28. The summed E-state index contributed by atoms with van der Waals surface area (Å²) in [7, 11) is 0. The molecule has 0 aromatic rings. The molecule has 1 fully saturated rings. The fraction of sp³-hybridized carbons (Fsp3) is 0.857. The van der Waals surface area contributed by atoms with Crippen LogP contribution in [0.25, 0.3) is 0 Å². The lowest BCUT2D eigenvalue weighted by Crippen LogP contribution is -2.29. The second-order valence-corrected chi connectivity index (χ2v) is 2.78. The van der Waals surface area contributed by atoms with Crippen LogP contribution in [0.1, 0.15) is 19.3 Å². The van der Waals surface area contributed by atoms with Crippen LogP contribution in [0.5, 0.6) is 0 Å². The number of hydrogen-bond acceptors (Lipinski definition) is 2. The summed E-state index contributed by atoms with van der Waals surface area (Å²) in [6.45, 7) is 0.980. The summed E-state index contributed by atoms with van der Waals surface area (Å²) >= 11 is 0. The van der Waals surface area contributed by atoms with Gasteiger partial charge in [0.05, 0.1) is 0 Å². The lowest BCUT2D eigenvalue weighted by atomic mass is 9.97. The van der Waals surface area contributed by atoms with Gasteiger partial charge in [0.25, 0.3) is 0 Å². The molecule has 0 spiro atoms. The van der Waals surface area contributed by atoms with Crippen molar-refractivity contribution in [3.8, 4) is 0 Å². The highest BCUT2D eigenvalue weighted by Crippen LogP contribution is 2.18. The number of nitrogens with zero attached hydrogens (tertiary/aromatic N) is 1. The Morgan fingerprint density at radius 2 is 2.50 bits per heavy atom. The molecule has 3 heteroatoms. The number of carbonyl (C=O) groups excluding carboxylic acids is 1. The molecule has 0 aliphatic carbocycles. The van der Waals surface area contributed by atoms with Gasteiger partial charge in [0, 0.05) is 19.5 Å². The van der Waals surface area contributed by atoms with Gasteiger partial charge in [0.15, 0.2) is 0 Å². The van der Waals surface area contributed by atoms with Gasteiger partial charge < -0.3 is 4.79 Å². The average Bonchev–Trinajstić information content (AvgIpc) is 1.88. The number of halogens is 1. The van der Waals surface area contributed by atoms with Gasteiger partial charge in [-0.3, -0.25) is 0 Å². The molecule has 1 aliphatic rings. The van der Waals surface area contributed by atoms with E-state index in [4.69, 9.17) is 0 Å². The molecule has 1 unspecified atom stereocenters. The van der Waals surface area contributed by atoms with E-state index in [9.17, 15) is 9.28 Å². The van der Waals surface area contributed by atoms with Crippen molar-refractivity contribution in [3.63, 3.8) is 0 Å². The number of piperidine rings is 1. The monoisotopic (exact) mass is 145 g/mol. The van der Waals surface area contributed by atoms with E-state index in [1.807, 2.05) is 0 Å². The Hall–Kier alpha value is -0.440. The zero-order chi connectivity index (χ0) is 7.40. The molecule has 1 aliphatic heterocycles. The van der Waals surface area contributed by atoms with Crippen LogP contribution in [-0.4, -0.2) is 24.5 Å². The van der Waals surface area contributed by atoms with Gasteiger partial charge in [-0.15, -0.1) is 9.60 Å². The first-order chi connectivity index (χ1) is 4.83. The number of hydrogen-bond donors (Lipinski definition) is 0. The summed E-state index contributed by atoms with van der Waals surface area (Å²) in [6, 6.07) is 0. The highest BCUT2D eigenvalue weighted by molar-refractivity contribution is 5.49.